The molecule has 0 aliphatic rings. The number of amides is 1. The number of carbonyl (C=O) groups excluding carboxylic acids is 1. The van der Waals surface area contributed by atoms with E-state index in [1.807, 2.05) is 0 Å². The lowest BCUT2D eigenvalue weighted by Crippen LogP contribution is -2.13. The van der Waals surface area contributed by atoms with Crippen LogP contribution >= 0.6 is 0 Å². The van der Waals surface area contributed by atoms with E-state index >= 15 is 0 Å². The number of primary amides is 1. The second-order valence-corrected chi connectivity index (χ2v) is 3.82. The van der Waals surface area contributed by atoms with Crippen LogP contribution in [0.2, 0.25) is 0 Å². The van der Waals surface area contributed by atoms with E-state index in [0.29, 0.717) is 12.1 Å². The molecule has 0 saturated carbocycles. The van der Waals surface area contributed by atoms with E-state index in [4.69, 9.17) is 5.73 Å². The quantitative estimate of drug-likeness (QED) is 0.880. The van der Waals surface area contributed by atoms with Crippen molar-refractivity contribution in [3.05, 3.63) is 35.4 Å². The Morgan fingerprint density at radius 2 is 2.10 bits per heavy atom. The fourth-order valence-electron chi connectivity index (χ4n) is 1.42. The summed E-state index contributed by atoms with van der Waals surface area (Å²) in [4.78, 5) is 14.1. The van der Waals surface area contributed by atoms with Crippen LogP contribution in [0.15, 0.2) is 22.7 Å². The van der Waals surface area contributed by atoms with Crippen molar-refractivity contribution in [2.75, 3.05) is 0 Å². The maximum atomic E-state index is 13.7. The Hall–Kier alpha value is -2.65. The lowest BCUT2D eigenvalue weighted by atomic mass is 10.1. The van der Waals surface area contributed by atoms with Gasteiger partial charge in [-0.05, 0) is 18.2 Å². The molecule has 0 spiro atoms. The second kappa shape index (κ2) is 5.38. The number of alkyl halides is 3. The Labute approximate surface area is 114 Å². The fraction of sp³-hybridized carbons (Fsp3) is 0.182. The number of hydrogen-bond acceptors (Lipinski definition) is 5. The van der Waals surface area contributed by atoms with Crippen molar-refractivity contribution >= 4 is 6.09 Å². The van der Waals surface area contributed by atoms with Crippen LogP contribution in [0.3, 0.4) is 0 Å². The number of nitrogens with zero attached hydrogens (tertiary/aromatic N) is 2. The third-order valence-electron chi connectivity index (χ3n) is 2.34. The summed E-state index contributed by atoms with van der Waals surface area (Å²) in [5.74, 6) is -1.62. The highest BCUT2D eigenvalue weighted by Crippen LogP contribution is 2.32. The van der Waals surface area contributed by atoms with Gasteiger partial charge in [0, 0.05) is 0 Å². The molecular weight excluding hydrogens is 298 g/mol. The smallest absolute Gasteiger partial charge is 0.416 e. The van der Waals surface area contributed by atoms with E-state index < -0.39 is 30.3 Å². The molecular formula is C11H7F4N3O3. The van der Waals surface area contributed by atoms with Gasteiger partial charge in [-0.3, -0.25) is 0 Å². The van der Waals surface area contributed by atoms with Crippen LogP contribution in [0.4, 0.5) is 22.4 Å². The SMILES string of the molecule is NC(=O)OCc1noc(-c2ccc(C(F)(F)F)cc2F)n1. The topological polar surface area (TPSA) is 91.2 Å². The lowest BCUT2D eigenvalue weighted by Gasteiger charge is -2.07. The summed E-state index contributed by atoms with van der Waals surface area (Å²) in [6.45, 7) is -0.402. The van der Waals surface area contributed by atoms with Gasteiger partial charge in [-0.25, -0.2) is 9.18 Å². The van der Waals surface area contributed by atoms with Crippen LogP contribution in [0.5, 0.6) is 0 Å². The Bertz CT molecular complexity index is 669. The van der Waals surface area contributed by atoms with E-state index in [0.717, 1.165) is 6.07 Å². The molecule has 0 saturated heterocycles. The second-order valence-electron chi connectivity index (χ2n) is 3.82. The Balaban J connectivity index is 2.24. The number of nitrogens with two attached hydrogens (primary N) is 1. The Morgan fingerprint density at radius 3 is 2.67 bits per heavy atom. The molecule has 0 unspecified atom stereocenters. The molecule has 2 N–H and O–H groups in total. The third-order valence-corrected chi connectivity index (χ3v) is 2.34. The predicted molar refractivity (Wildman–Crippen MR) is 59.1 cm³/mol. The van der Waals surface area contributed by atoms with E-state index in [9.17, 15) is 22.4 Å². The number of hydrogen-bond donors (Lipinski definition) is 1. The van der Waals surface area contributed by atoms with Gasteiger partial charge in [-0.2, -0.15) is 18.2 Å². The van der Waals surface area contributed by atoms with Crippen molar-refractivity contribution in [2.24, 2.45) is 5.73 Å². The number of ether oxygens (including phenoxy) is 1. The summed E-state index contributed by atoms with van der Waals surface area (Å²) in [6.07, 6.45) is -5.73. The zero-order chi connectivity index (χ0) is 15.6. The minimum absolute atomic E-state index is 0.108. The molecule has 1 amide bonds. The molecule has 1 aromatic heterocycles. The van der Waals surface area contributed by atoms with Crippen molar-refractivity contribution in [1.29, 1.82) is 0 Å². The number of aromatic nitrogens is 2. The maximum absolute atomic E-state index is 13.7. The molecule has 112 valence electrons. The molecule has 1 aromatic carbocycles. The molecule has 0 radical (unpaired) electrons. The third kappa shape index (κ3) is 3.46. The largest absolute Gasteiger partial charge is 0.441 e. The molecule has 10 heteroatoms. The molecule has 2 aromatic rings. The summed E-state index contributed by atoms with van der Waals surface area (Å²) in [5.41, 5.74) is 3.28. The molecule has 0 bridgehead atoms. The van der Waals surface area contributed by atoms with Crippen LogP contribution in [0.25, 0.3) is 11.5 Å². The fourth-order valence-corrected chi connectivity index (χ4v) is 1.42. The van der Waals surface area contributed by atoms with Gasteiger partial charge in [-0.1, -0.05) is 5.16 Å². The van der Waals surface area contributed by atoms with Crippen LogP contribution < -0.4 is 5.73 Å². The predicted octanol–water partition coefficient (Wildman–Crippen LogP) is 2.49. The molecule has 6 nitrogen and oxygen atoms in total. The zero-order valence-corrected chi connectivity index (χ0v) is 10.1. The zero-order valence-electron chi connectivity index (χ0n) is 10.1. The molecule has 1 heterocycles. The van der Waals surface area contributed by atoms with Crippen molar-refractivity contribution in [2.45, 2.75) is 12.8 Å². The minimum atomic E-state index is -4.66. The molecule has 0 aliphatic heterocycles. The highest BCUT2D eigenvalue weighted by Gasteiger charge is 2.31. The Morgan fingerprint density at radius 1 is 1.38 bits per heavy atom. The van der Waals surface area contributed by atoms with Gasteiger partial charge in [0.25, 0.3) is 5.89 Å². The molecule has 2 rings (SSSR count). The average Bonchev–Trinajstić information content (AvgIpc) is 2.83. The first-order valence-electron chi connectivity index (χ1n) is 5.39. The standard InChI is InChI=1S/C11H7F4N3O3/c12-7-3-5(11(13,14)15)1-2-6(7)9-17-8(18-21-9)4-20-10(16)19/h1-3H,4H2,(H2,16,19). The van der Waals surface area contributed by atoms with Gasteiger partial charge in [0.15, 0.2) is 6.61 Å². The lowest BCUT2D eigenvalue weighted by molar-refractivity contribution is -0.137. The van der Waals surface area contributed by atoms with Gasteiger partial charge in [-0.15, -0.1) is 0 Å². The van der Waals surface area contributed by atoms with E-state index in [-0.39, 0.29) is 17.3 Å². The van der Waals surface area contributed by atoms with Gasteiger partial charge in [0.1, 0.15) is 5.82 Å². The van der Waals surface area contributed by atoms with E-state index in [1.165, 1.54) is 0 Å². The Kier molecular flexibility index (Phi) is 3.78. The van der Waals surface area contributed by atoms with E-state index in [1.54, 1.807) is 0 Å². The van der Waals surface area contributed by atoms with Gasteiger partial charge < -0.3 is 15.0 Å². The minimum Gasteiger partial charge on any atom is -0.441 e. The van der Waals surface area contributed by atoms with Gasteiger partial charge >= 0.3 is 12.3 Å². The highest BCUT2D eigenvalue weighted by atomic mass is 19.4. The van der Waals surface area contributed by atoms with Crippen LogP contribution in [-0.4, -0.2) is 16.2 Å². The number of carbonyl (C=O) groups is 1. The first kappa shape index (κ1) is 14.8. The van der Waals surface area contributed by atoms with Crippen molar-refractivity contribution in [1.82, 2.24) is 10.1 Å². The number of halogens is 4. The normalized spacial score (nSPS) is 11.4. The van der Waals surface area contributed by atoms with Gasteiger partial charge in [0.2, 0.25) is 5.82 Å². The first-order chi connectivity index (χ1) is 9.77. The van der Waals surface area contributed by atoms with Gasteiger partial charge in [0.05, 0.1) is 11.1 Å². The molecule has 21 heavy (non-hydrogen) atoms. The summed E-state index contributed by atoms with van der Waals surface area (Å²) in [6, 6.07) is 1.87. The van der Waals surface area contributed by atoms with Crippen LogP contribution in [0, 0.1) is 5.82 Å². The van der Waals surface area contributed by atoms with E-state index in [2.05, 4.69) is 19.4 Å². The molecule has 0 aliphatic carbocycles. The van der Waals surface area contributed by atoms with Crippen LogP contribution in [0.1, 0.15) is 11.4 Å². The van der Waals surface area contributed by atoms with Crippen molar-refractivity contribution in [3.63, 3.8) is 0 Å². The summed E-state index contributed by atoms with van der Waals surface area (Å²) in [7, 11) is 0. The van der Waals surface area contributed by atoms with Crippen molar-refractivity contribution < 1.29 is 31.6 Å². The average molecular weight is 305 g/mol. The maximum Gasteiger partial charge on any atom is 0.416 e. The number of benzene rings is 1. The van der Waals surface area contributed by atoms with Crippen molar-refractivity contribution in [3.8, 4) is 11.5 Å². The monoisotopic (exact) mass is 305 g/mol. The first-order valence-corrected chi connectivity index (χ1v) is 5.39. The summed E-state index contributed by atoms with van der Waals surface area (Å²) >= 11 is 0. The molecule has 0 fully saturated rings. The highest BCUT2D eigenvalue weighted by molar-refractivity contribution is 5.64. The summed E-state index contributed by atoms with van der Waals surface area (Å²) in [5, 5.41) is 3.37. The summed E-state index contributed by atoms with van der Waals surface area (Å²) < 4.78 is 59.9. The van der Waals surface area contributed by atoms with Crippen LogP contribution in [-0.2, 0) is 17.5 Å². The number of rotatable bonds is 3. The molecule has 0 atom stereocenters.